The fourth-order valence-electron chi connectivity index (χ4n) is 2.97. The third-order valence-electron chi connectivity index (χ3n) is 4.43. The van der Waals surface area contributed by atoms with Gasteiger partial charge in [-0.3, -0.25) is 4.68 Å². The van der Waals surface area contributed by atoms with E-state index in [9.17, 15) is 8.42 Å². The molecule has 3 aromatic rings. The highest BCUT2D eigenvalue weighted by Gasteiger charge is 2.33. The molecule has 1 unspecified atom stereocenters. The number of rotatable bonds is 6. The first kappa shape index (κ1) is 19.7. The van der Waals surface area contributed by atoms with E-state index in [0.29, 0.717) is 29.6 Å². The molecule has 0 spiro atoms. The van der Waals surface area contributed by atoms with Gasteiger partial charge in [0.25, 0.3) is 0 Å². The van der Waals surface area contributed by atoms with Gasteiger partial charge in [-0.05, 0) is 47.7 Å². The number of halogens is 1. The zero-order valence-electron chi connectivity index (χ0n) is 15.5. The summed E-state index contributed by atoms with van der Waals surface area (Å²) in [5, 5.41) is 11.8. The van der Waals surface area contributed by atoms with Crippen molar-refractivity contribution < 1.29 is 8.42 Å². The van der Waals surface area contributed by atoms with Crippen molar-refractivity contribution in [1.29, 1.82) is 0 Å². The fraction of sp³-hybridized carbons (Fsp3) is 0.375. The predicted octanol–water partition coefficient (Wildman–Crippen LogP) is 3.20. The Bertz CT molecular complexity index is 1150. The van der Waals surface area contributed by atoms with Gasteiger partial charge in [0.05, 0.1) is 18.3 Å². The first-order valence-corrected chi connectivity index (χ1v) is 14.5. The Labute approximate surface area is 177 Å². The molecule has 0 bridgehead atoms. The van der Waals surface area contributed by atoms with E-state index in [1.54, 1.807) is 10.9 Å². The summed E-state index contributed by atoms with van der Waals surface area (Å²) < 4.78 is 28.0. The van der Waals surface area contributed by atoms with Gasteiger partial charge in [0.1, 0.15) is 5.82 Å². The summed E-state index contributed by atoms with van der Waals surface area (Å²) in [7, 11) is -1.77. The molecule has 3 heterocycles. The van der Waals surface area contributed by atoms with Gasteiger partial charge in [-0.15, -0.1) is 0 Å². The number of sulfone groups is 1. The van der Waals surface area contributed by atoms with Crippen LogP contribution in [-0.4, -0.2) is 44.0 Å². The second-order valence-corrected chi connectivity index (χ2v) is 10.8. The number of aryl methyl sites for hydroxylation is 2. The Hall–Kier alpha value is -1.59. The topological polar surface area (TPSA) is 108 Å². The minimum Gasteiger partial charge on any atom is -0.323 e. The molecule has 9 nitrogen and oxygen atoms in total. The SMILES string of the molecule is Cc1cc(Nc2nc(S(C)(=O)=O)nc(-c3cnn(C)c3)c2C2CC2)nn1PI. The van der Waals surface area contributed by atoms with Crippen LogP contribution in [0.4, 0.5) is 11.6 Å². The van der Waals surface area contributed by atoms with Crippen molar-refractivity contribution in [2.75, 3.05) is 11.6 Å². The van der Waals surface area contributed by atoms with Gasteiger partial charge >= 0.3 is 0 Å². The molecule has 148 valence electrons. The highest BCUT2D eigenvalue weighted by molar-refractivity contribution is 14.2. The lowest BCUT2D eigenvalue weighted by Crippen LogP contribution is -2.11. The van der Waals surface area contributed by atoms with Crippen LogP contribution in [0.25, 0.3) is 11.3 Å². The molecule has 0 saturated heterocycles. The summed E-state index contributed by atoms with van der Waals surface area (Å²) >= 11 is 2.27. The lowest BCUT2D eigenvalue weighted by atomic mass is 10.1. The Morgan fingerprint density at radius 1 is 1.32 bits per heavy atom. The van der Waals surface area contributed by atoms with E-state index in [2.05, 4.69) is 47.5 Å². The third kappa shape index (κ3) is 3.92. The minimum absolute atomic E-state index is 0.204. The quantitative estimate of drug-likeness (QED) is 0.296. The molecule has 0 aromatic carbocycles. The van der Waals surface area contributed by atoms with Gasteiger partial charge in [0.2, 0.25) is 15.0 Å². The molecule has 12 heteroatoms. The largest absolute Gasteiger partial charge is 0.323 e. The van der Waals surface area contributed by atoms with Crippen LogP contribution in [0.5, 0.6) is 0 Å². The third-order valence-corrected chi connectivity index (χ3v) is 7.26. The first-order chi connectivity index (χ1) is 13.3. The Morgan fingerprint density at radius 3 is 2.61 bits per heavy atom. The van der Waals surface area contributed by atoms with Crippen LogP contribution >= 0.6 is 28.4 Å². The van der Waals surface area contributed by atoms with E-state index in [1.807, 2.05) is 30.7 Å². The molecule has 0 amide bonds. The van der Waals surface area contributed by atoms with Crippen molar-refractivity contribution in [3.8, 4) is 11.3 Å². The second-order valence-electron chi connectivity index (χ2n) is 6.86. The predicted molar refractivity (Wildman–Crippen MR) is 117 cm³/mol. The normalized spacial score (nSPS) is 14.9. The summed E-state index contributed by atoms with van der Waals surface area (Å²) in [6.07, 6.45) is 7.16. The highest BCUT2D eigenvalue weighted by Crippen LogP contribution is 2.47. The molecule has 28 heavy (non-hydrogen) atoms. The van der Waals surface area contributed by atoms with Gasteiger partial charge in [0.15, 0.2) is 5.82 Å². The number of hydrogen-bond acceptors (Lipinski definition) is 7. The second kappa shape index (κ2) is 7.34. The minimum atomic E-state index is -3.59. The monoisotopic (exact) mass is 531 g/mol. The maximum atomic E-state index is 12.2. The maximum absolute atomic E-state index is 12.2. The number of nitrogens with zero attached hydrogens (tertiary/aromatic N) is 6. The zero-order chi connectivity index (χ0) is 20.1. The van der Waals surface area contributed by atoms with E-state index >= 15 is 0 Å². The molecule has 1 fully saturated rings. The van der Waals surface area contributed by atoms with Gasteiger partial charge < -0.3 is 5.32 Å². The molecule has 0 radical (unpaired) electrons. The van der Waals surface area contributed by atoms with Gasteiger partial charge in [-0.25, -0.2) is 22.8 Å². The standard InChI is InChI=1S/C16H19IN7O2PS/c1-9-6-12(22-24(9)27-17)19-15-13(10-4-5-10)14(11-7-18-23(2)8-11)20-16(21-15)28(3,25)26/h6-8,10,27H,4-5H2,1-3H3,(H,19,20,21,22). The molecule has 1 saturated carbocycles. The molecule has 1 N–H and O–H groups in total. The van der Waals surface area contributed by atoms with Crippen molar-refractivity contribution in [3.05, 3.63) is 29.7 Å². The average Bonchev–Trinajstić information content (AvgIpc) is 3.27. The number of hydrogen-bond donors (Lipinski definition) is 1. The van der Waals surface area contributed by atoms with Crippen LogP contribution in [0, 0.1) is 6.92 Å². The molecule has 3 aromatic heterocycles. The van der Waals surface area contributed by atoms with E-state index in [-0.39, 0.29) is 5.16 Å². The van der Waals surface area contributed by atoms with Crippen LogP contribution in [0.15, 0.2) is 23.6 Å². The first-order valence-electron chi connectivity index (χ1n) is 8.57. The lowest BCUT2D eigenvalue weighted by molar-refractivity contribution is 0.593. The van der Waals surface area contributed by atoms with Crippen molar-refractivity contribution in [2.45, 2.75) is 30.8 Å². The van der Waals surface area contributed by atoms with E-state index in [0.717, 1.165) is 35.9 Å². The van der Waals surface area contributed by atoms with Gasteiger partial charge in [0, 0.05) is 42.4 Å². The molecular formula is C16H19IN7O2PS. The van der Waals surface area contributed by atoms with E-state index < -0.39 is 9.84 Å². The highest BCUT2D eigenvalue weighted by atomic mass is 127. The fourth-order valence-corrected chi connectivity index (χ4v) is 5.30. The Kier molecular flexibility index (Phi) is 5.17. The summed E-state index contributed by atoms with van der Waals surface area (Å²) in [4.78, 5) is 8.78. The van der Waals surface area contributed by atoms with Gasteiger partial charge in [-0.2, -0.15) is 10.2 Å². The van der Waals surface area contributed by atoms with Crippen molar-refractivity contribution in [2.24, 2.45) is 7.05 Å². The maximum Gasteiger partial charge on any atom is 0.249 e. The smallest absolute Gasteiger partial charge is 0.249 e. The van der Waals surface area contributed by atoms with Crippen LogP contribution in [-0.2, 0) is 16.9 Å². The number of aromatic nitrogens is 6. The van der Waals surface area contributed by atoms with Crippen molar-refractivity contribution in [3.63, 3.8) is 0 Å². The van der Waals surface area contributed by atoms with E-state index in [1.165, 1.54) is 0 Å². The summed E-state index contributed by atoms with van der Waals surface area (Å²) in [5.74, 6) is 1.43. The molecular weight excluding hydrogens is 512 g/mol. The van der Waals surface area contributed by atoms with E-state index in [4.69, 9.17) is 0 Å². The van der Waals surface area contributed by atoms with Crippen molar-refractivity contribution in [1.82, 2.24) is 29.3 Å². The molecule has 4 rings (SSSR count). The molecule has 1 atom stereocenters. The van der Waals surface area contributed by atoms with Crippen LogP contribution < -0.4 is 5.32 Å². The molecule has 1 aliphatic rings. The van der Waals surface area contributed by atoms with Crippen LogP contribution in [0.2, 0.25) is 0 Å². The van der Waals surface area contributed by atoms with Crippen molar-refractivity contribution >= 4 is 49.9 Å². The number of nitrogens with one attached hydrogen (secondary N) is 1. The van der Waals surface area contributed by atoms with Gasteiger partial charge in [-0.1, -0.05) is 0 Å². The summed E-state index contributed by atoms with van der Waals surface area (Å²) in [6, 6.07) is 1.92. The Morgan fingerprint density at radius 2 is 2.07 bits per heavy atom. The molecule has 1 aliphatic carbocycles. The van der Waals surface area contributed by atoms with Crippen LogP contribution in [0.1, 0.15) is 30.0 Å². The zero-order valence-corrected chi connectivity index (χ0v) is 19.5. The van der Waals surface area contributed by atoms with Crippen LogP contribution in [0.3, 0.4) is 0 Å². The summed E-state index contributed by atoms with van der Waals surface area (Å²) in [6.45, 7) is 1.98. The lowest BCUT2D eigenvalue weighted by Gasteiger charge is -2.14. The number of anilines is 2. The molecule has 0 aliphatic heterocycles. The Balaban J connectivity index is 1.90. The summed E-state index contributed by atoms with van der Waals surface area (Å²) in [5.41, 5.74) is 3.33. The average molecular weight is 531 g/mol.